The van der Waals surface area contributed by atoms with E-state index in [1.807, 2.05) is 0 Å². The van der Waals surface area contributed by atoms with Crippen LogP contribution in [-0.2, 0) is 25.1 Å². The average Bonchev–Trinajstić information content (AvgIpc) is 1.00. The summed E-state index contributed by atoms with van der Waals surface area (Å²) >= 11 is 0.0556. The van der Waals surface area contributed by atoms with Crippen molar-refractivity contribution in [1.29, 1.82) is 0 Å². The Morgan fingerprint density at radius 2 is 1.50 bits per heavy atom. The fraction of sp³-hybridized carbons (Fsp3) is 0. The summed E-state index contributed by atoms with van der Waals surface area (Å²) in [6.07, 6.45) is 0. The van der Waals surface area contributed by atoms with E-state index in [9.17, 15) is 0 Å². The molecule has 0 spiro atoms. The molecule has 0 aromatic heterocycles. The molecule has 0 bridgehead atoms. The van der Waals surface area contributed by atoms with Gasteiger partial charge in [0, 0.05) is 22.4 Å². The zero-order chi connectivity index (χ0) is 2.00. The van der Waals surface area contributed by atoms with Crippen LogP contribution < -0.4 is 0 Å². The number of rotatable bonds is 0. The molecule has 0 atom stereocenters. The first kappa shape index (κ1) is 15.8. The van der Waals surface area contributed by atoms with Gasteiger partial charge in [0.15, 0.2) is 0 Å². The minimum atomic E-state index is 0. The third-order valence-corrected chi connectivity index (χ3v) is 0. The fourth-order valence-electron chi connectivity index (χ4n) is 0. The first-order valence-corrected chi connectivity index (χ1v) is 1.79. The molecule has 0 saturated carbocycles. The van der Waals surface area contributed by atoms with Crippen LogP contribution in [0.1, 0.15) is 2.85 Å². The molecule has 0 aliphatic rings. The van der Waals surface area contributed by atoms with Gasteiger partial charge in [0.1, 0.15) is 0 Å². The minimum absolute atomic E-state index is 0. The Hall–Kier alpha value is 2.94. The van der Waals surface area contributed by atoms with Crippen molar-refractivity contribution in [3.8, 4) is 0 Å². The van der Waals surface area contributed by atoms with E-state index >= 15 is 0 Å². The van der Waals surface area contributed by atoms with E-state index in [0.29, 0.717) is 0 Å². The van der Waals surface area contributed by atoms with Crippen molar-refractivity contribution in [1.82, 2.24) is 0 Å². The molecule has 0 rings (SSSR count). The molecule has 1 nitrogen and oxygen atoms in total. The summed E-state index contributed by atoms with van der Waals surface area (Å²) in [7, 11) is 0. The third-order valence-electron chi connectivity index (χ3n) is 0. The zero-order valence-electron chi connectivity index (χ0n) is 4.06. The molecule has 0 aromatic rings. The van der Waals surface area contributed by atoms with Crippen LogP contribution in [0.4, 0.5) is 0 Å². The SMILES string of the molecule is [H-].[H-].[O]=[Pb].[Sr+2].[Ta]. The van der Waals surface area contributed by atoms with Gasteiger partial charge in [-0.1, -0.05) is 0 Å². The molecular formula is H2OPbSrTa. The van der Waals surface area contributed by atoms with Crippen molar-refractivity contribution >= 4 is 71.3 Å². The quantitative estimate of drug-likeness (QED) is 0.410. The van der Waals surface area contributed by atoms with Crippen molar-refractivity contribution in [2.45, 2.75) is 0 Å². The summed E-state index contributed by atoms with van der Waals surface area (Å²) in [6, 6.07) is 0. The van der Waals surface area contributed by atoms with E-state index in [0.717, 1.165) is 0 Å². The van der Waals surface area contributed by atoms with Crippen LogP contribution >= 0.6 is 0 Å². The van der Waals surface area contributed by atoms with Gasteiger partial charge in [0.05, 0.1) is 0 Å². The summed E-state index contributed by atoms with van der Waals surface area (Å²) in [4.78, 5) is 0. The maximum absolute atomic E-state index is 8.39. The second kappa shape index (κ2) is 16.8. The van der Waals surface area contributed by atoms with E-state index in [1.54, 1.807) is 0 Å². The molecule has 4 heteroatoms. The normalized spacial score (nSPS) is 1.00. The van der Waals surface area contributed by atoms with Gasteiger partial charge >= 0.3 is 73.9 Å². The molecule has 0 aromatic carbocycles. The zero-order valence-corrected chi connectivity index (χ0v) is 12.6. The van der Waals surface area contributed by atoms with Crippen LogP contribution in [0.25, 0.3) is 0 Å². The number of hydrogen-bond acceptors (Lipinski definition) is 1. The first-order valence-electron chi connectivity index (χ1n) is 0.204. The second-order valence-corrected chi connectivity index (χ2v) is 0. The standard InChI is InChI=1S/O.Pb.Sr.Ta.2H/q;;+2;;2*-1. The average molecular weight is 494 g/mol. The summed E-state index contributed by atoms with van der Waals surface area (Å²) in [5.41, 5.74) is 0. The molecule has 0 heterocycles. The summed E-state index contributed by atoms with van der Waals surface area (Å²) in [5.74, 6) is 0. The van der Waals surface area contributed by atoms with Gasteiger partial charge in [-0.15, -0.1) is 0 Å². The molecule has 0 aliphatic heterocycles. The molecule has 4 heavy (non-hydrogen) atoms. The van der Waals surface area contributed by atoms with Crippen LogP contribution in [0.3, 0.4) is 0 Å². The van der Waals surface area contributed by atoms with Crippen molar-refractivity contribution in [2.24, 2.45) is 0 Å². The topological polar surface area (TPSA) is 17.1 Å². The van der Waals surface area contributed by atoms with Gasteiger partial charge in [-0.3, -0.25) is 0 Å². The van der Waals surface area contributed by atoms with Crippen LogP contribution in [0.15, 0.2) is 0 Å². The van der Waals surface area contributed by atoms with Gasteiger partial charge in [-0.25, -0.2) is 0 Å². The van der Waals surface area contributed by atoms with E-state index in [-0.39, 0.29) is 96.5 Å². The fourth-order valence-corrected chi connectivity index (χ4v) is 0. The van der Waals surface area contributed by atoms with Gasteiger partial charge in [0.2, 0.25) is 0 Å². The molecule has 0 unspecified atom stereocenters. The van der Waals surface area contributed by atoms with Gasteiger partial charge in [0.25, 0.3) is 0 Å². The van der Waals surface area contributed by atoms with E-state index < -0.39 is 0 Å². The molecule has 0 fully saturated rings. The van der Waals surface area contributed by atoms with Crippen LogP contribution in [0.2, 0.25) is 0 Å². The Kier molecular flexibility index (Phi) is 66.1. The molecule has 0 N–H and O–H groups in total. The largest absolute Gasteiger partial charge is 2.00 e. The Balaban J connectivity index is -0.000000000833. The summed E-state index contributed by atoms with van der Waals surface area (Å²) < 4.78 is 8.39. The van der Waals surface area contributed by atoms with Crippen LogP contribution in [0, 0.1) is 0 Å². The molecule has 19 valence electrons. The van der Waals surface area contributed by atoms with Gasteiger partial charge in [-0.2, -0.15) is 0 Å². The third kappa shape index (κ3) is 8.87. The maximum atomic E-state index is 8.39. The van der Waals surface area contributed by atoms with Crippen LogP contribution in [0.5, 0.6) is 0 Å². The Morgan fingerprint density at radius 3 is 1.50 bits per heavy atom. The van der Waals surface area contributed by atoms with E-state index in [1.165, 1.54) is 0 Å². The van der Waals surface area contributed by atoms with Crippen molar-refractivity contribution < 1.29 is 27.9 Å². The van der Waals surface area contributed by atoms with Crippen LogP contribution in [-0.4, -0.2) is 71.3 Å². The summed E-state index contributed by atoms with van der Waals surface area (Å²) in [5, 5.41) is 0. The number of hydrogen-bond donors (Lipinski definition) is 0. The van der Waals surface area contributed by atoms with Crippen molar-refractivity contribution in [2.75, 3.05) is 0 Å². The second-order valence-electron chi connectivity index (χ2n) is 0. The Bertz CT molecular complexity index is 13.5. The molecule has 0 amide bonds. The Morgan fingerprint density at radius 1 is 1.50 bits per heavy atom. The smallest absolute Gasteiger partial charge is 0 e. The van der Waals surface area contributed by atoms with Crippen molar-refractivity contribution in [3.63, 3.8) is 0 Å². The van der Waals surface area contributed by atoms with Gasteiger partial charge in [-0.05, 0) is 0 Å². The predicted molar refractivity (Wildman–Crippen MR) is 14.4 cm³/mol. The molecule has 0 saturated heterocycles. The molecule has 3 radical (unpaired) electrons. The van der Waals surface area contributed by atoms with E-state index in [2.05, 4.69) is 0 Å². The molecule has 0 aliphatic carbocycles. The Labute approximate surface area is 96.8 Å². The molecular weight excluding hydrogens is 492 g/mol. The maximum Gasteiger partial charge on any atom is 2.00 e. The monoisotopic (exact) mass is 495 g/mol. The van der Waals surface area contributed by atoms with Gasteiger partial charge < -0.3 is 2.85 Å². The predicted octanol–water partition coefficient (Wildman–Crippen LogP) is -0.658. The minimum Gasteiger partial charge on any atom is 0 e. The van der Waals surface area contributed by atoms with Crippen molar-refractivity contribution in [3.05, 3.63) is 0 Å². The summed E-state index contributed by atoms with van der Waals surface area (Å²) in [6.45, 7) is 0. The first-order chi connectivity index (χ1) is 1.00. The van der Waals surface area contributed by atoms with E-state index in [4.69, 9.17) is 2.69 Å².